The number of anilines is 2. The van der Waals surface area contributed by atoms with Crippen LogP contribution in [0.3, 0.4) is 0 Å². The minimum absolute atomic E-state index is 0.0787. The predicted octanol–water partition coefficient (Wildman–Crippen LogP) is 3.40. The fourth-order valence-electron chi connectivity index (χ4n) is 3.09. The minimum Gasteiger partial charge on any atom is -0.455 e. The van der Waals surface area contributed by atoms with Crippen LogP contribution in [0.1, 0.15) is 10.5 Å². The van der Waals surface area contributed by atoms with Crippen molar-refractivity contribution in [2.45, 2.75) is 0 Å². The first kappa shape index (κ1) is 18.9. The Labute approximate surface area is 170 Å². The van der Waals surface area contributed by atoms with Crippen LogP contribution in [0.4, 0.5) is 11.5 Å². The number of carbonyl (C=O) groups is 1. The van der Waals surface area contributed by atoms with Gasteiger partial charge in [-0.1, -0.05) is 30.3 Å². The van der Waals surface area contributed by atoms with E-state index in [4.69, 9.17) is 4.74 Å². The number of aromatic nitrogens is 2. The highest BCUT2D eigenvalue weighted by atomic mass is 16.5. The number of ether oxygens (including phenoxy) is 1. The summed E-state index contributed by atoms with van der Waals surface area (Å²) in [6, 6.07) is 17.2. The van der Waals surface area contributed by atoms with E-state index in [0.717, 1.165) is 24.5 Å². The van der Waals surface area contributed by atoms with Crippen LogP contribution in [-0.4, -0.2) is 58.9 Å². The number of hydrogen-bond acceptors (Lipinski definition) is 6. The number of nitrogens with zero attached hydrogens (tertiary/aromatic N) is 4. The van der Waals surface area contributed by atoms with E-state index in [1.807, 2.05) is 59.5 Å². The minimum atomic E-state index is -0.0787. The number of amides is 1. The van der Waals surface area contributed by atoms with Crippen LogP contribution in [0.2, 0.25) is 0 Å². The van der Waals surface area contributed by atoms with Gasteiger partial charge in [0.2, 0.25) is 0 Å². The normalized spacial score (nSPS) is 14.4. The molecule has 0 atom stereocenters. The number of hydrogen-bond donors (Lipinski definition) is 1. The molecule has 1 amide bonds. The van der Waals surface area contributed by atoms with E-state index in [-0.39, 0.29) is 5.91 Å². The molecular weight excluding hydrogens is 366 g/mol. The Morgan fingerprint density at radius 1 is 0.931 bits per heavy atom. The third kappa shape index (κ3) is 4.70. The second-order valence-electron chi connectivity index (χ2n) is 6.92. The molecular formula is C22H23N5O2. The Bertz CT molecular complexity index is 954. The highest BCUT2D eigenvalue weighted by Gasteiger charge is 2.21. The molecule has 1 aromatic heterocycles. The molecule has 0 radical (unpaired) electrons. The van der Waals surface area contributed by atoms with Gasteiger partial charge in [0.1, 0.15) is 17.3 Å². The largest absolute Gasteiger partial charge is 0.455 e. The van der Waals surface area contributed by atoms with Gasteiger partial charge in [-0.3, -0.25) is 4.79 Å². The lowest BCUT2D eigenvalue weighted by atomic mass is 10.2. The molecule has 1 aliphatic rings. The molecule has 1 saturated heterocycles. The maximum absolute atomic E-state index is 12.6. The highest BCUT2D eigenvalue weighted by Crippen LogP contribution is 2.30. The maximum atomic E-state index is 12.6. The molecule has 1 N–H and O–H groups in total. The van der Waals surface area contributed by atoms with Crippen molar-refractivity contribution in [2.75, 3.05) is 38.5 Å². The number of benzene rings is 2. The molecule has 0 unspecified atom stereocenters. The zero-order valence-corrected chi connectivity index (χ0v) is 16.3. The summed E-state index contributed by atoms with van der Waals surface area (Å²) in [5.41, 5.74) is 1.12. The van der Waals surface area contributed by atoms with Gasteiger partial charge < -0.3 is 19.9 Å². The lowest BCUT2D eigenvalue weighted by Gasteiger charge is -2.32. The van der Waals surface area contributed by atoms with E-state index in [9.17, 15) is 4.79 Å². The molecule has 1 aliphatic heterocycles. The fourth-order valence-corrected chi connectivity index (χ4v) is 3.09. The molecule has 0 saturated carbocycles. The van der Waals surface area contributed by atoms with Crippen molar-refractivity contribution in [2.24, 2.45) is 0 Å². The number of likely N-dealkylation sites (N-methyl/N-ethyl adjacent to an activating group) is 1. The topological polar surface area (TPSA) is 70.6 Å². The van der Waals surface area contributed by atoms with Gasteiger partial charge >= 0.3 is 0 Å². The van der Waals surface area contributed by atoms with E-state index >= 15 is 0 Å². The molecule has 2 aromatic carbocycles. The quantitative estimate of drug-likeness (QED) is 0.721. The van der Waals surface area contributed by atoms with E-state index in [1.165, 1.54) is 6.20 Å². The Kier molecular flexibility index (Phi) is 5.67. The van der Waals surface area contributed by atoms with E-state index < -0.39 is 0 Å². The molecule has 7 heteroatoms. The Morgan fingerprint density at radius 2 is 1.66 bits per heavy atom. The molecule has 0 spiro atoms. The average Bonchev–Trinajstić information content (AvgIpc) is 2.76. The van der Waals surface area contributed by atoms with Gasteiger partial charge in [0.05, 0.1) is 18.1 Å². The van der Waals surface area contributed by atoms with Crippen LogP contribution >= 0.6 is 0 Å². The molecule has 4 rings (SSSR count). The Morgan fingerprint density at radius 3 is 2.38 bits per heavy atom. The van der Waals surface area contributed by atoms with Gasteiger partial charge in [0.15, 0.2) is 5.75 Å². The zero-order valence-electron chi connectivity index (χ0n) is 16.3. The van der Waals surface area contributed by atoms with Crippen LogP contribution < -0.4 is 10.1 Å². The summed E-state index contributed by atoms with van der Waals surface area (Å²) in [6.07, 6.45) is 3.09. The smallest absolute Gasteiger partial charge is 0.274 e. The second kappa shape index (κ2) is 8.70. The molecule has 1 fully saturated rings. The third-order valence-electron chi connectivity index (χ3n) is 4.78. The maximum Gasteiger partial charge on any atom is 0.274 e. The van der Waals surface area contributed by atoms with Gasteiger partial charge in [0.25, 0.3) is 5.91 Å². The van der Waals surface area contributed by atoms with Gasteiger partial charge in [-0.05, 0) is 31.3 Å². The van der Waals surface area contributed by atoms with Crippen molar-refractivity contribution in [1.29, 1.82) is 0 Å². The number of nitrogens with one attached hydrogen (secondary N) is 1. The summed E-state index contributed by atoms with van der Waals surface area (Å²) < 4.78 is 5.96. The van der Waals surface area contributed by atoms with Gasteiger partial charge in [-0.2, -0.15) is 0 Å². The summed E-state index contributed by atoms with van der Waals surface area (Å²) in [4.78, 5) is 25.3. The first-order valence-electron chi connectivity index (χ1n) is 9.58. The number of rotatable bonds is 5. The Hall–Kier alpha value is -3.45. The zero-order chi connectivity index (χ0) is 20.1. The molecule has 7 nitrogen and oxygen atoms in total. The molecule has 148 valence electrons. The first-order valence-corrected chi connectivity index (χ1v) is 9.58. The van der Waals surface area contributed by atoms with Crippen LogP contribution in [0.5, 0.6) is 11.5 Å². The van der Waals surface area contributed by atoms with Crippen molar-refractivity contribution in [3.05, 3.63) is 72.7 Å². The van der Waals surface area contributed by atoms with Crippen LogP contribution in [-0.2, 0) is 0 Å². The van der Waals surface area contributed by atoms with E-state index in [0.29, 0.717) is 30.4 Å². The monoisotopic (exact) mass is 389 g/mol. The lowest BCUT2D eigenvalue weighted by molar-refractivity contribution is 0.0658. The second-order valence-corrected chi connectivity index (χ2v) is 6.92. The van der Waals surface area contributed by atoms with Crippen molar-refractivity contribution in [3.8, 4) is 11.5 Å². The SMILES string of the molecule is CN1CCN(C(=O)c2cnc(Nc3ccccc3Oc3ccccc3)cn2)CC1. The summed E-state index contributed by atoms with van der Waals surface area (Å²) in [5, 5.41) is 3.21. The highest BCUT2D eigenvalue weighted by molar-refractivity contribution is 5.92. The number of para-hydroxylation sites is 3. The third-order valence-corrected chi connectivity index (χ3v) is 4.78. The number of piperazine rings is 1. The summed E-state index contributed by atoms with van der Waals surface area (Å²) in [7, 11) is 2.06. The van der Waals surface area contributed by atoms with Crippen molar-refractivity contribution in [1.82, 2.24) is 19.8 Å². The van der Waals surface area contributed by atoms with Crippen molar-refractivity contribution in [3.63, 3.8) is 0 Å². The predicted molar refractivity (Wildman–Crippen MR) is 112 cm³/mol. The number of carbonyl (C=O) groups excluding carboxylic acids is 1. The fraction of sp³-hybridized carbons (Fsp3) is 0.227. The summed E-state index contributed by atoms with van der Waals surface area (Å²) >= 11 is 0. The standard InChI is InChI=1S/C22H23N5O2/c1-26-11-13-27(14-12-26)22(28)19-15-24-21(16-23-19)25-18-9-5-6-10-20(18)29-17-7-3-2-4-8-17/h2-10,15-16H,11-14H2,1H3,(H,24,25). The van der Waals surface area contributed by atoms with Crippen LogP contribution in [0.15, 0.2) is 67.0 Å². The van der Waals surface area contributed by atoms with Crippen molar-refractivity contribution < 1.29 is 9.53 Å². The van der Waals surface area contributed by atoms with Gasteiger partial charge in [0, 0.05) is 26.2 Å². The van der Waals surface area contributed by atoms with Crippen molar-refractivity contribution >= 4 is 17.4 Å². The lowest BCUT2D eigenvalue weighted by Crippen LogP contribution is -2.47. The summed E-state index contributed by atoms with van der Waals surface area (Å²) in [6.45, 7) is 3.16. The molecule has 3 aromatic rings. The summed E-state index contributed by atoms with van der Waals surface area (Å²) in [5.74, 6) is 1.90. The van der Waals surface area contributed by atoms with Gasteiger partial charge in [-0.25, -0.2) is 9.97 Å². The van der Waals surface area contributed by atoms with Gasteiger partial charge in [-0.15, -0.1) is 0 Å². The molecule has 0 aliphatic carbocycles. The Balaban J connectivity index is 1.45. The van der Waals surface area contributed by atoms with Crippen LogP contribution in [0, 0.1) is 0 Å². The first-order chi connectivity index (χ1) is 14.2. The average molecular weight is 389 g/mol. The van der Waals surface area contributed by atoms with E-state index in [1.54, 1.807) is 6.20 Å². The molecule has 2 heterocycles. The van der Waals surface area contributed by atoms with Crippen LogP contribution in [0.25, 0.3) is 0 Å². The molecule has 29 heavy (non-hydrogen) atoms. The van der Waals surface area contributed by atoms with E-state index in [2.05, 4.69) is 27.2 Å². The molecule has 0 bridgehead atoms.